The third kappa shape index (κ3) is 3.95. The molecule has 1 saturated heterocycles. The fraction of sp³-hybridized carbons (Fsp3) is 0.417. The van der Waals surface area contributed by atoms with Crippen LogP contribution in [0, 0.1) is 5.82 Å². The minimum Gasteiger partial charge on any atom is -0.493 e. The van der Waals surface area contributed by atoms with E-state index in [-0.39, 0.29) is 30.2 Å². The number of aromatic amines is 1. The highest BCUT2D eigenvalue weighted by Crippen LogP contribution is 2.40. The Labute approximate surface area is 201 Å². The van der Waals surface area contributed by atoms with Crippen molar-refractivity contribution >= 4 is 28.3 Å². The number of aromatic nitrogens is 5. The Morgan fingerprint density at radius 3 is 2.83 bits per heavy atom. The van der Waals surface area contributed by atoms with Crippen LogP contribution < -0.4 is 15.4 Å². The molecule has 0 radical (unpaired) electrons. The molecule has 5 rings (SSSR count). The lowest BCUT2D eigenvalue weighted by molar-refractivity contribution is -0.119. The zero-order valence-electron chi connectivity index (χ0n) is 20.2. The molecule has 0 saturated carbocycles. The highest BCUT2D eigenvalue weighted by molar-refractivity contribution is 5.93. The van der Waals surface area contributed by atoms with Crippen LogP contribution >= 0.6 is 0 Å². The Hall–Kier alpha value is -3.73. The number of anilines is 1. The van der Waals surface area contributed by atoms with Gasteiger partial charge in [0, 0.05) is 42.8 Å². The molecule has 35 heavy (non-hydrogen) atoms. The molecule has 4 aromatic rings. The third-order valence-electron chi connectivity index (χ3n) is 6.59. The quantitative estimate of drug-likeness (QED) is 0.435. The number of nitrogens with two attached hydrogens (primary N) is 1. The van der Waals surface area contributed by atoms with Crippen molar-refractivity contribution in [1.82, 2.24) is 29.5 Å². The number of hydrogen-bond donors (Lipinski definition) is 2. The first-order valence-electron chi connectivity index (χ1n) is 11.6. The van der Waals surface area contributed by atoms with Crippen molar-refractivity contribution in [1.29, 1.82) is 0 Å². The van der Waals surface area contributed by atoms with Gasteiger partial charge in [-0.15, -0.1) is 0 Å². The summed E-state index contributed by atoms with van der Waals surface area (Å²) in [4.78, 5) is 27.4. The summed E-state index contributed by atoms with van der Waals surface area (Å²) < 4.78 is 23.3. The number of ether oxygens (including phenoxy) is 1. The van der Waals surface area contributed by atoms with Crippen LogP contribution in [-0.2, 0) is 4.79 Å². The van der Waals surface area contributed by atoms with E-state index in [1.54, 1.807) is 17.8 Å². The summed E-state index contributed by atoms with van der Waals surface area (Å²) in [6.45, 7) is 8.06. The molecule has 0 bridgehead atoms. The van der Waals surface area contributed by atoms with E-state index in [1.165, 1.54) is 6.33 Å². The van der Waals surface area contributed by atoms with Crippen LogP contribution in [-0.4, -0.2) is 74.7 Å². The van der Waals surface area contributed by atoms with E-state index >= 15 is 4.39 Å². The lowest BCUT2D eigenvalue weighted by atomic mass is 9.96. The zero-order chi connectivity index (χ0) is 24.9. The van der Waals surface area contributed by atoms with Crippen molar-refractivity contribution in [3.05, 3.63) is 36.2 Å². The van der Waals surface area contributed by atoms with Gasteiger partial charge in [-0.25, -0.2) is 18.9 Å². The molecule has 4 aromatic heterocycles. The number of halogens is 1. The highest BCUT2D eigenvalue weighted by Gasteiger charge is 2.30. The first kappa shape index (κ1) is 23.0. The van der Waals surface area contributed by atoms with Crippen LogP contribution in [0.25, 0.3) is 27.8 Å². The van der Waals surface area contributed by atoms with Crippen molar-refractivity contribution in [2.24, 2.45) is 5.73 Å². The number of primary amides is 1. The fourth-order valence-electron chi connectivity index (χ4n) is 5.06. The van der Waals surface area contributed by atoms with Crippen LogP contribution in [0.2, 0.25) is 0 Å². The maximum Gasteiger partial charge on any atom is 0.231 e. The largest absolute Gasteiger partial charge is 0.493 e. The number of pyridine rings is 2. The summed E-state index contributed by atoms with van der Waals surface area (Å²) in [5.74, 6) is 0.220. The number of H-pyrrole nitrogens is 1. The summed E-state index contributed by atoms with van der Waals surface area (Å²) in [5.41, 5.74) is 9.06. The second kappa shape index (κ2) is 8.81. The fourth-order valence-corrected chi connectivity index (χ4v) is 5.06. The van der Waals surface area contributed by atoms with Crippen LogP contribution in [0.5, 0.6) is 5.75 Å². The van der Waals surface area contributed by atoms with Gasteiger partial charge in [0.2, 0.25) is 5.91 Å². The van der Waals surface area contributed by atoms with Crippen LogP contribution in [0.1, 0.15) is 32.3 Å². The molecular formula is C24H29FN8O2. The summed E-state index contributed by atoms with van der Waals surface area (Å²) in [6, 6.07) is 1.86. The topological polar surface area (TPSA) is 118 Å². The molecule has 0 aliphatic carbocycles. The van der Waals surface area contributed by atoms with E-state index < -0.39 is 0 Å². The van der Waals surface area contributed by atoms with Gasteiger partial charge in [-0.2, -0.15) is 5.10 Å². The predicted molar refractivity (Wildman–Crippen MR) is 131 cm³/mol. The van der Waals surface area contributed by atoms with Crippen molar-refractivity contribution in [3.8, 4) is 17.0 Å². The molecule has 1 amide bonds. The molecule has 11 heteroatoms. The molecule has 10 nitrogen and oxygen atoms in total. The molecule has 5 heterocycles. The van der Waals surface area contributed by atoms with Crippen molar-refractivity contribution < 1.29 is 13.9 Å². The number of hydrogen-bond acceptors (Lipinski definition) is 7. The first-order chi connectivity index (χ1) is 16.8. The average molecular weight is 481 g/mol. The number of carbonyl (C=O) groups excluding carboxylic acids is 1. The smallest absolute Gasteiger partial charge is 0.231 e. The molecule has 0 aromatic carbocycles. The summed E-state index contributed by atoms with van der Waals surface area (Å²) >= 11 is 0. The highest BCUT2D eigenvalue weighted by atomic mass is 19.1. The maximum absolute atomic E-state index is 16.2. The van der Waals surface area contributed by atoms with Gasteiger partial charge in [-0.3, -0.25) is 9.69 Å². The van der Waals surface area contributed by atoms with Gasteiger partial charge in [0.1, 0.15) is 6.33 Å². The maximum atomic E-state index is 16.2. The van der Waals surface area contributed by atoms with Crippen molar-refractivity contribution in [2.45, 2.75) is 32.7 Å². The van der Waals surface area contributed by atoms with Crippen molar-refractivity contribution in [2.75, 3.05) is 38.2 Å². The van der Waals surface area contributed by atoms with Crippen LogP contribution in [0.3, 0.4) is 0 Å². The second-order valence-electron chi connectivity index (χ2n) is 9.32. The lowest BCUT2D eigenvalue weighted by Gasteiger charge is -2.40. The molecule has 0 spiro atoms. The zero-order valence-corrected chi connectivity index (χ0v) is 20.2. The molecule has 1 aliphatic rings. The minimum absolute atomic E-state index is 0.0255. The van der Waals surface area contributed by atoms with E-state index in [9.17, 15) is 4.79 Å². The summed E-state index contributed by atoms with van der Waals surface area (Å²) in [7, 11) is 1.59. The number of nitrogens with zero attached hydrogens (tertiary/aromatic N) is 6. The number of fused-ring (bicyclic) bond motifs is 2. The number of methoxy groups -OCH3 is 1. The Morgan fingerprint density at radius 2 is 2.14 bits per heavy atom. The SMILES string of the molecule is COc1cc(-c2[nH]c3cnc(N4CCN(CC(N)=O)CC4C)c(F)c3c2C(C)C)cn2ncnc12. The molecule has 1 fully saturated rings. The summed E-state index contributed by atoms with van der Waals surface area (Å²) in [6.07, 6.45) is 5.01. The van der Waals surface area contributed by atoms with Gasteiger partial charge in [0.05, 0.1) is 31.1 Å². The van der Waals surface area contributed by atoms with Crippen LogP contribution in [0.4, 0.5) is 10.2 Å². The Bertz CT molecular complexity index is 1410. The monoisotopic (exact) mass is 480 g/mol. The Kier molecular flexibility index (Phi) is 5.79. The molecule has 1 unspecified atom stereocenters. The molecule has 1 aliphatic heterocycles. The Balaban J connectivity index is 1.60. The normalized spacial score (nSPS) is 17.1. The van der Waals surface area contributed by atoms with E-state index in [4.69, 9.17) is 10.5 Å². The Morgan fingerprint density at radius 1 is 1.34 bits per heavy atom. The standard InChI is InChI=1S/C24H29FN8O2/c1-13(2)19-20-16(30-22(19)15-7-17(35-4)23-28-12-29-33(23)10-15)8-27-24(21(20)25)32-6-5-31(9-14(32)3)11-18(26)34/h7-8,10,12-14,30H,5-6,9,11H2,1-4H3,(H2,26,34). The van der Waals surface area contributed by atoms with Gasteiger partial charge in [0.25, 0.3) is 0 Å². The minimum atomic E-state index is -0.362. The number of nitrogens with one attached hydrogen (secondary N) is 1. The lowest BCUT2D eigenvalue weighted by Crippen LogP contribution is -2.54. The molecule has 184 valence electrons. The third-order valence-corrected chi connectivity index (χ3v) is 6.59. The number of piperazine rings is 1. The molecular weight excluding hydrogens is 451 g/mol. The van der Waals surface area contributed by atoms with E-state index in [1.807, 2.05) is 42.8 Å². The number of rotatable bonds is 6. The van der Waals surface area contributed by atoms with Crippen molar-refractivity contribution in [3.63, 3.8) is 0 Å². The molecule has 3 N–H and O–H groups in total. The van der Waals surface area contributed by atoms with Gasteiger partial charge in [-0.05, 0) is 24.5 Å². The van der Waals surface area contributed by atoms with Gasteiger partial charge < -0.3 is 20.4 Å². The summed E-state index contributed by atoms with van der Waals surface area (Å²) in [5, 5.41) is 4.78. The van der Waals surface area contributed by atoms with E-state index in [0.717, 1.165) is 16.8 Å². The van der Waals surface area contributed by atoms with Gasteiger partial charge in [0.15, 0.2) is 23.0 Å². The van der Waals surface area contributed by atoms with E-state index in [2.05, 4.69) is 20.1 Å². The number of carbonyl (C=O) groups is 1. The predicted octanol–water partition coefficient (Wildman–Crippen LogP) is 2.54. The molecule has 1 atom stereocenters. The van der Waals surface area contributed by atoms with Gasteiger partial charge >= 0.3 is 0 Å². The number of amides is 1. The van der Waals surface area contributed by atoms with E-state index in [0.29, 0.717) is 47.8 Å². The second-order valence-corrected chi connectivity index (χ2v) is 9.32. The van der Waals surface area contributed by atoms with Crippen LogP contribution in [0.15, 0.2) is 24.8 Å². The van der Waals surface area contributed by atoms with Gasteiger partial charge in [-0.1, -0.05) is 13.8 Å². The average Bonchev–Trinajstić information content (AvgIpc) is 3.44. The first-order valence-corrected chi connectivity index (χ1v) is 11.6.